The molecule has 6 nitrogen and oxygen atoms in total. The maximum atomic E-state index is 12.1. The molecular weight excluding hydrogens is 318 g/mol. The molecule has 2 heterocycles. The fourth-order valence-electron chi connectivity index (χ4n) is 2.91. The number of fused-ring (bicyclic) bond motifs is 2. The Morgan fingerprint density at radius 2 is 2.08 bits per heavy atom. The van der Waals surface area contributed by atoms with Crippen LogP contribution in [0.25, 0.3) is 10.9 Å². The first-order chi connectivity index (χ1) is 12.2. The maximum absolute atomic E-state index is 12.1. The van der Waals surface area contributed by atoms with Crippen molar-refractivity contribution in [2.75, 3.05) is 6.79 Å². The lowest BCUT2D eigenvalue weighted by atomic mass is 10.1. The molecule has 0 saturated carbocycles. The van der Waals surface area contributed by atoms with E-state index in [9.17, 15) is 4.79 Å². The summed E-state index contributed by atoms with van der Waals surface area (Å²) in [5, 5.41) is 5.17. The Bertz CT molecular complexity index is 975. The number of hydrogen-bond donors (Lipinski definition) is 2. The van der Waals surface area contributed by atoms with Gasteiger partial charge >= 0.3 is 0 Å². The number of hydrazone groups is 1. The van der Waals surface area contributed by atoms with E-state index in [4.69, 9.17) is 9.47 Å². The Kier molecular flexibility index (Phi) is 3.85. The van der Waals surface area contributed by atoms with Gasteiger partial charge in [0.25, 0.3) is 0 Å². The van der Waals surface area contributed by atoms with Crippen LogP contribution in [-0.4, -0.2) is 23.9 Å². The minimum Gasteiger partial charge on any atom is -0.454 e. The molecule has 3 aromatic rings. The Hall–Kier alpha value is -3.28. The van der Waals surface area contributed by atoms with Crippen LogP contribution >= 0.6 is 0 Å². The first kappa shape index (κ1) is 15.3. The number of ether oxygens (including phenoxy) is 2. The summed E-state index contributed by atoms with van der Waals surface area (Å²) in [4.78, 5) is 15.4. The second-order valence-electron chi connectivity index (χ2n) is 5.87. The third-order valence-corrected chi connectivity index (χ3v) is 4.13. The van der Waals surface area contributed by atoms with Gasteiger partial charge in [0, 0.05) is 22.2 Å². The lowest BCUT2D eigenvalue weighted by molar-refractivity contribution is -0.120. The van der Waals surface area contributed by atoms with Gasteiger partial charge < -0.3 is 14.5 Å². The molecule has 0 spiro atoms. The number of amides is 1. The van der Waals surface area contributed by atoms with Crippen LogP contribution in [0.3, 0.4) is 0 Å². The summed E-state index contributed by atoms with van der Waals surface area (Å²) in [6.07, 6.45) is 1.90. The molecule has 0 saturated heterocycles. The van der Waals surface area contributed by atoms with Crippen LogP contribution in [0.4, 0.5) is 0 Å². The molecule has 0 bridgehead atoms. The second kappa shape index (κ2) is 6.32. The van der Waals surface area contributed by atoms with Crippen molar-refractivity contribution in [3.8, 4) is 11.5 Å². The number of nitrogens with zero attached hydrogens (tertiary/aromatic N) is 1. The van der Waals surface area contributed by atoms with Crippen LogP contribution in [0.5, 0.6) is 11.5 Å². The summed E-state index contributed by atoms with van der Waals surface area (Å²) >= 11 is 0. The van der Waals surface area contributed by atoms with Crippen LogP contribution < -0.4 is 14.9 Å². The lowest BCUT2D eigenvalue weighted by Gasteiger charge is -2.02. The van der Waals surface area contributed by atoms with Gasteiger partial charge in [0.1, 0.15) is 0 Å². The molecule has 2 aromatic carbocycles. The molecule has 1 aromatic heterocycles. The highest BCUT2D eigenvalue weighted by molar-refractivity contribution is 6.00. The van der Waals surface area contributed by atoms with Crippen molar-refractivity contribution in [3.63, 3.8) is 0 Å². The molecule has 0 atom stereocenters. The smallest absolute Gasteiger partial charge is 0.244 e. The average Bonchev–Trinajstić information content (AvgIpc) is 3.19. The summed E-state index contributed by atoms with van der Waals surface area (Å²) in [7, 11) is 0. The van der Waals surface area contributed by atoms with E-state index in [1.54, 1.807) is 6.21 Å². The van der Waals surface area contributed by atoms with Crippen LogP contribution in [-0.2, 0) is 11.2 Å². The number of benzene rings is 2. The number of nitrogens with one attached hydrogen (secondary N) is 2. The SMILES string of the molecule is Cc1[nH]c2ccccc2c1/C=N/NC(=O)Cc1ccc2c(c1)OCO2. The van der Waals surface area contributed by atoms with Gasteiger partial charge in [-0.15, -0.1) is 0 Å². The van der Waals surface area contributed by atoms with Gasteiger partial charge in [-0.25, -0.2) is 5.43 Å². The van der Waals surface area contributed by atoms with Crippen LogP contribution in [0.2, 0.25) is 0 Å². The average molecular weight is 335 g/mol. The predicted octanol–water partition coefficient (Wildman–Crippen LogP) is 2.90. The summed E-state index contributed by atoms with van der Waals surface area (Å²) in [6, 6.07) is 13.5. The zero-order valence-corrected chi connectivity index (χ0v) is 13.7. The van der Waals surface area contributed by atoms with Crippen LogP contribution in [0.15, 0.2) is 47.6 Å². The quantitative estimate of drug-likeness (QED) is 0.568. The van der Waals surface area contributed by atoms with Crippen LogP contribution in [0.1, 0.15) is 16.8 Å². The Morgan fingerprint density at radius 3 is 3.00 bits per heavy atom. The molecule has 25 heavy (non-hydrogen) atoms. The van der Waals surface area contributed by atoms with Crippen molar-refractivity contribution >= 4 is 23.0 Å². The highest BCUT2D eigenvalue weighted by Crippen LogP contribution is 2.32. The van der Waals surface area contributed by atoms with Gasteiger partial charge in [-0.05, 0) is 30.7 Å². The molecule has 0 fully saturated rings. The van der Waals surface area contributed by atoms with E-state index >= 15 is 0 Å². The van der Waals surface area contributed by atoms with E-state index < -0.39 is 0 Å². The maximum Gasteiger partial charge on any atom is 0.244 e. The largest absolute Gasteiger partial charge is 0.454 e. The summed E-state index contributed by atoms with van der Waals surface area (Å²) in [6.45, 7) is 2.20. The Balaban J connectivity index is 1.43. The van der Waals surface area contributed by atoms with Crippen molar-refractivity contribution in [3.05, 3.63) is 59.3 Å². The highest BCUT2D eigenvalue weighted by atomic mass is 16.7. The molecule has 0 aliphatic carbocycles. The lowest BCUT2D eigenvalue weighted by Crippen LogP contribution is -2.19. The third-order valence-electron chi connectivity index (χ3n) is 4.13. The number of H-pyrrole nitrogens is 1. The zero-order chi connectivity index (χ0) is 17.2. The second-order valence-corrected chi connectivity index (χ2v) is 5.87. The van der Waals surface area contributed by atoms with Gasteiger partial charge in [-0.2, -0.15) is 5.10 Å². The topological polar surface area (TPSA) is 75.7 Å². The standard InChI is InChI=1S/C19H17N3O3/c1-12-15(14-4-2-3-5-16(14)21-12)10-20-22-19(23)9-13-6-7-17-18(8-13)25-11-24-17/h2-8,10,21H,9,11H2,1H3,(H,22,23)/b20-10+. The van der Waals surface area contributed by atoms with Gasteiger partial charge in [0.05, 0.1) is 12.6 Å². The number of aromatic amines is 1. The molecule has 6 heteroatoms. The minimum absolute atomic E-state index is 0.187. The summed E-state index contributed by atoms with van der Waals surface area (Å²) < 4.78 is 10.6. The minimum atomic E-state index is -0.187. The monoisotopic (exact) mass is 335 g/mol. The normalized spacial score (nSPS) is 12.8. The molecule has 1 aliphatic rings. The Morgan fingerprint density at radius 1 is 1.24 bits per heavy atom. The number of hydrogen-bond acceptors (Lipinski definition) is 4. The first-order valence-corrected chi connectivity index (χ1v) is 7.98. The molecule has 126 valence electrons. The number of para-hydroxylation sites is 1. The highest BCUT2D eigenvalue weighted by Gasteiger charge is 2.14. The fourth-order valence-corrected chi connectivity index (χ4v) is 2.91. The van der Waals surface area contributed by atoms with Gasteiger partial charge in [-0.3, -0.25) is 4.79 Å². The number of aromatic nitrogens is 1. The number of carbonyl (C=O) groups excluding carboxylic acids is 1. The van der Waals surface area contributed by atoms with E-state index in [1.165, 1.54) is 0 Å². The van der Waals surface area contributed by atoms with Crippen molar-refractivity contribution in [1.29, 1.82) is 0 Å². The molecule has 0 unspecified atom stereocenters. The van der Waals surface area contributed by atoms with E-state index in [2.05, 4.69) is 15.5 Å². The molecule has 0 radical (unpaired) electrons. The predicted molar refractivity (Wildman–Crippen MR) is 95.0 cm³/mol. The number of carbonyl (C=O) groups is 1. The van der Waals surface area contributed by atoms with Gasteiger partial charge in [0.15, 0.2) is 11.5 Å². The number of rotatable bonds is 4. The molecule has 1 amide bonds. The molecule has 2 N–H and O–H groups in total. The zero-order valence-electron chi connectivity index (χ0n) is 13.7. The van der Waals surface area contributed by atoms with Crippen molar-refractivity contribution < 1.29 is 14.3 Å². The molecule has 1 aliphatic heterocycles. The van der Waals surface area contributed by atoms with E-state index in [1.807, 2.05) is 49.4 Å². The van der Waals surface area contributed by atoms with Crippen molar-refractivity contribution in [2.45, 2.75) is 13.3 Å². The summed E-state index contributed by atoms with van der Waals surface area (Å²) in [5.41, 5.74) is 6.45. The van der Waals surface area contributed by atoms with Crippen LogP contribution in [0, 0.1) is 6.92 Å². The van der Waals surface area contributed by atoms with E-state index in [-0.39, 0.29) is 19.1 Å². The van der Waals surface area contributed by atoms with Gasteiger partial charge in [0.2, 0.25) is 12.7 Å². The number of aryl methyl sites for hydroxylation is 1. The van der Waals surface area contributed by atoms with E-state index in [0.717, 1.165) is 27.7 Å². The van der Waals surface area contributed by atoms with Gasteiger partial charge in [-0.1, -0.05) is 24.3 Å². The van der Waals surface area contributed by atoms with Crippen molar-refractivity contribution in [1.82, 2.24) is 10.4 Å². The first-order valence-electron chi connectivity index (χ1n) is 7.98. The molecular formula is C19H17N3O3. The van der Waals surface area contributed by atoms with E-state index in [0.29, 0.717) is 11.5 Å². The summed E-state index contributed by atoms with van der Waals surface area (Å²) in [5.74, 6) is 1.19. The van der Waals surface area contributed by atoms with Crippen molar-refractivity contribution in [2.24, 2.45) is 5.10 Å². The Labute approximate surface area is 144 Å². The molecule has 4 rings (SSSR count). The third kappa shape index (κ3) is 3.06. The fraction of sp³-hybridized carbons (Fsp3) is 0.158.